The maximum atomic E-state index is 11.8. The molecule has 0 aromatic carbocycles. The van der Waals surface area contributed by atoms with Crippen molar-refractivity contribution in [1.82, 2.24) is 10.2 Å². The molecule has 0 aromatic rings. The number of nitrogens with zero attached hydrogens (tertiary/aromatic N) is 1. The van der Waals surface area contributed by atoms with Gasteiger partial charge in [-0.15, -0.1) is 0 Å². The minimum atomic E-state index is 0.0696. The van der Waals surface area contributed by atoms with Crippen LogP contribution in [0.15, 0.2) is 0 Å². The monoisotopic (exact) mass is 444 g/mol. The van der Waals surface area contributed by atoms with E-state index in [1.165, 1.54) is 96.3 Å². The molecule has 0 bridgehead atoms. The third-order valence-corrected chi connectivity index (χ3v) is 5.95. The van der Waals surface area contributed by atoms with Gasteiger partial charge >= 0.3 is 6.03 Å². The van der Waals surface area contributed by atoms with Gasteiger partial charge in [-0.25, -0.2) is 4.79 Å². The van der Waals surface area contributed by atoms with E-state index >= 15 is 0 Å². The number of urea groups is 1. The van der Waals surface area contributed by atoms with E-state index in [0.29, 0.717) is 0 Å². The lowest BCUT2D eigenvalue weighted by molar-refractivity contribution is 0.203. The summed E-state index contributed by atoms with van der Waals surface area (Å²) >= 11 is 0. The largest absolute Gasteiger partial charge is 0.338 e. The first-order chi connectivity index (χ1) is 15.8. The fraction of sp³-hybridized carbons (Fsp3) is 0.828. The van der Waals surface area contributed by atoms with Crippen molar-refractivity contribution in [2.45, 2.75) is 136 Å². The summed E-state index contributed by atoms with van der Waals surface area (Å²) in [6, 6.07) is 0.0696. The van der Waals surface area contributed by atoms with E-state index in [4.69, 9.17) is 0 Å². The smallest absolute Gasteiger partial charge is 0.317 e. The second kappa shape index (κ2) is 25.6. The molecule has 184 valence electrons. The number of rotatable bonds is 20. The van der Waals surface area contributed by atoms with E-state index in [2.05, 4.69) is 35.9 Å². The van der Waals surface area contributed by atoms with Crippen LogP contribution < -0.4 is 5.32 Å². The van der Waals surface area contributed by atoms with E-state index in [0.717, 1.165) is 38.9 Å². The molecule has 0 rings (SSSR count). The first-order valence-corrected chi connectivity index (χ1v) is 13.7. The Balaban J connectivity index is 3.35. The summed E-state index contributed by atoms with van der Waals surface area (Å²) in [4.78, 5) is 13.6. The molecule has 0 aliphatic heterocycles. The third-order valence-electron chi connectivity index (χ3n) is 5.95. The van der Waals surface area contributed by atoms with Gasteiger partial charge in [0.05, 0.1) is 0 Å². The summed E-state index contributed by atoms with van der Waals surface area (Å²) in [6.07, 6.45) is 22.9. The molecule has 3 nitrogen and oxygen atoms in total. The Morgan fingerprint density at radius 2 is 1.00 bits per heavy atom. The molecule has 32 heavy (non-hydrogen) atoms. The Morgan fingerprint density at radius 3 is 1.44 bits per heavy atom. The molecule has 0 saturated heterocycles. The Hall–Kier alpha value is -1.61. The van der Waals surface area contributed by atoms with Crippen LogP contribution in [0, 0.1) is 23.7 Å². The lowest BCUT2D eigenvalue weighted by Gasteiger charge is -2.19. The Morgan fingerprint density at radius 1 is 0.594 bits per heavy atom. The van der Waals surface area contributed by atoms with Crippen LogP contribution >= 0.6 is 0 Å². The van der Waals surface area contributed by atoms with Crippen molar-refractivity contribution >= 4 is 6.03 Å². The zero-order valence-electron chi connectivity index (χ0n) is 21.7. The average Bonchev–Trinajstić information content (AvgIpc) is 2.80. The quantitative estimate of drug-likeness (QED) is 0.149. The zero-order chi connectivity index (χ0) is 23.5. The van der Waals surface area contributed by atoms with Crippen LogP contribution in [0.5, 0.6) is 0 Å². The SMILES string of the molecule is CCCCCCCCCCCCC#CC#CCCCCCCCCNC(=O)N(CC)CC. The number of amides is 2. The van der Waals surface area contributed by atoms with Gasteiger partial charge in [0.2, 0.25) is 0 Å². The van der Waals surface area contributed by atoms with Crippen LogP contribution in [-0.4, -0.2) is 30.6 Å². The van der Waals surface area contributed by atoms with Gasteiger partial charge < -0.3 is 10.2 Å². The molecule has 0 aromatic heterocycles. The molecule has 0 unspecified atom stereocenters. The maximum Gasteiger partial charge on any atom is 0.317 e. The summed E-state index contributed by atoms with van der Waals surface area (Å²) in [6.45, 7) is 8.64. The number of carbonyl (C=O) groups is 1. The van der Waals surface area contributed by atoms with Crippen LogP contribution in [0.25, 0.3) is 0 Å². The second-order valence-corrected chi connectivity index (χ2v) is 8.81. The van der Waals surface area contributed by atoms with Gasteiger partial charge in [0.25, 0.3) is 0 Å². The second-order valence-electron chi connectivity index (χ2n) is 8.81. The lowest BCUT2D eigenvalue weighted by atomic mass is 10.1. The lowest BCUT2D eigenvalue weighted by Crippen LogP contribution is -2.40. The predicted octanol–water partition coefficient (Wildman–Crippen LogP) is 8.09. The van der Waals surface area contributed by atoms with Gasteiger partial charge in [-0.1, -0.05) is 102 Å². The van der Waals surface area contributed by atoms with Crippen molar-refractivity contribution < 1.29 is 4.79 Å². The first kappa shape index (κ1) is 30.4. The van der Waals surface area contributed by atoms with Crippen LogP contribution in [0.3, 0.4) is 0 Å². The van der Waals surface area contributed by atoms with Crippen LogP contribution in [0.1, 0.15) is 136 Å². The topological polar surface area (TPSA) is 32.3 Å². The zero-order valence-corrected chi connectivity index (χ0v) is 21.7. The molecule has 0 atom stereocenters. The van der Waals surface area contributed by atoms with E-state index in [1.807, 2.05) is 18.7 Å². The van der Waals surface area contributed by atoms with Gasteiger partial charge in [0, 0.05) is 32.5 Å². The molecule has 0 spiro atoms. The van der Waals surface area contributed by atoms with E-state index in [1.54, 1.807) is 0 Å². The highest BCUT2D eigenvalue weighted by Crippen LogP contribution is 2.11. The molecular formula is C29H52N2O. The molecule has 3 heteroatoms. The Kier molecular flexibility index (Phi) is 24.4. The summed E-state index contributed by atoms with van der Waals surface area (Å²) in [7, 11) is 0. The highest BCUT2D eigenvalue weighted by Gasteiger charge is 2.06. The Labute approximate surface area is 200 Å². The fourth-order valence-corrected chi connectivity index (χ4v) is 3.78. The van der Waals surface area contributed by atoms with Crippen LogP contribution in [0.2, 0.25) is 0 Å². The standard InChI is InChI=1S/C29H52N2O/c1-4-7-8-9-10-11-12-13-14-15-16-17-18-19-20-21-22-23-24-25-26-27-28-30-29(32)31(5-2)6-3/h4-16,21-28H2,1-3H3,(H,30,32). The number of unbranched alkanes of at least 4 members (excludes halogenated alkanes) is 16. The average molecular weight is 445 g/mol. The minimum absolute atomic E-state index is 0.0696. The molecule has 0 saturated carbocycles. The van der Waals surface area contributed by atoms with Gasteiger partial charge in [-0.05, 0) is 45.0 Å². The number of carbonyl (C=O) groups excluding carboxylic acids is 1. The highest BCUT2D eigenvalue weighted by molar-refractivity contribution is 5.73. The number of hydrogen-bond donors (Lipinski definition) is 1. The molecule has 0 fully saturated rings. The van der Waals surface area contributed by atoms with Gasteiger partial charge in [0.1, 0.15) is 0 Å². The third kappa shape index (κ3) is 21.6. The van der Waals surface area contributed by atoms with Crippen LogP contribution in [-0.2, 0) is 0 Å². The molecule has 0 aliphatic carbocycles. The molecule has 0 radical (unpaired) electrons. The molecule has 2 amide bonds. The van der Waals surface area contributed by atoms with E-state index in [9.17, 15) is 4.79 Å². The van der Waals surface area contributed by atoms with E-state index < -0.39 is 0 Å². The molecule has 0 heterocycles. The Bertz CT molecular complexity index is 531. The number of nitrogens with one attached hydrogen (secondary N) is 1. The van der Waals surface area contributed by atoms with Gasteiger partial charge in [-0.2, -0.15) is 0 Å². The maximum absolute atomic E-state index is 11.8. The molecule has 1 N–H and O–H groups in total. The van der Waals surface area contributed by atoms with Crippen molar-refractivity contribution in [2.75, 3.05) is 19.6 Å². The van der Waals surface area contributed by atoms with Crippen molar-refractivity contribution in [3.63, 3.8) is 0 Å². The minimum Gasteiger partial charge on any atom is -0.338 e. The van der Waals surface area contributed by atoms with Gasteiger partial charge in [-0.3, -0.25) is 0 Å². The molecular weight excluding hydrogens is 392 g/mol. The normalized spacial score (nSPS) is 10.1. The summed E-state index contributed by atoms with van der Waals surface area (Å²) in [5.41, 5.74) is 0. The van der Waals surface area contributed by atoms with E-state index in [-0.39, 0.29) is 6.03 Å². The van der Waals surface area contributed by atoms with Gasteiger partial charge in [0.15, 0.2) is 0 Å². The first-order valence-electron chi connectivity index (χ1n) is 13.7. The summed E-state index contributed by atoms with van der Waals surface area (Å²) in [5, 5.41) is 3.00. The summed E-state index contributed by atoms with van der Waals surface area (Å²) < 4.78 is 0. The fourth-order valence-electron chi connectivity index (χ4n) is 3.78. The van der Waals surface area contributed by atoms with Crippen molar-refractivity contribution in [1.29, 1.82) is 0 Å². The van der Waals surface area contributed by atoms with Crippen LogP contribution in [0.4, 0.5) is 4.79 Å². The molecule has 0 aliphatic rings. The predicted molar refractivity (Wildman–Crippen MR) is 141 cm³/mol. The van der Waals surface area contributed by atoms with Crippen molar-refractivity contribution in [3.8, 4) is 23.7 Å². The van der Waals surface area contributed by atoms with Crippen molar-refractivity contribution in [3.05, 3.63) is 0 Å². The van der Waals surface area contributed by atoms with Crippen molar-refractivity contribution in [2.24, 2.45) is 0 Å². The number of hydrogen-bond acceptors (Lipinski definition) is 1. The summed E-state index contributed by atoms with van der Waals surface area (Å²) in [5.74, 6) is 12.4. The highest BCUT2D eigenvalue weighted by atomic mass is 16.2.